The van der Waals surface area contributed by atoms with Gasteiger partial charge in [0.15, 0.2) is 11.6 Å². The van der Waals surface area contributed by atoms with Crippen LogP contribution >= 0.6 is 27.5 Å². The van der Waals surface area contributed by atoms with Crippen LogP contribution in [0, 0.1) is 5.82 Å². The van der Waals surface area contributed by atoms with Gasteiger partial charge >= 0.3 is 0 Å². The first-order valence-corrected chi connectivity index (χ1v) is 12.4. The number of ether oxygens (including phenoxy) is 1. The van der Waals surface area contributed by atoms with Gasteiger partial charge in [0.2, 0.25) is 6.43 Å². The van der Waals surface area contributed by atoms with E-state index in [1.165, 1.54) is 0 Å². The first-order valence-electron chi connectivity index (χ1n) is 11.2. The molecule has 0 spiro atoms. The summed E-state index contributed by atoms with van der Waals surface area (Å²) in [6.45, 7) is 1.88. The minimum atomic E-state index is -2.47. The summed E-state index contributed by atoms with van der Waals surface area (Å²) in [7, 11) is 0. The minimum absolute atomic E-state index is 0.0416. The van der Waals surface area contributed by atoms with Gasteiger partial charge in [-0.05, 0) is 48.2 Å². The Morgan fingerprint density at radius 1 is 1.27 bits per heavy atom. The number of anilines is 1. The Balaban J connectivity index is 1.56. The number of nitrogens with zero attached hydrogens (tertiary/aromatic N) is 4. The van der Waals surface area contributed by atoms with Crippen molar-refractivity contribution in [2.75, 3.05) is 37.7 Å². The lowest BCUT2D eigenvalue weighted by Gasteiger charge is -2.31. The second kappa shape index (κ2) is 9.00. The van der Waals surface area contributed by atoms with E-state index in [-0.39, 0.29) is 45.9 Å². The van der Waals surface area contributed by atoms with E-state index in [2.05, 4.69) is 25.8 Å². The lowest BCUT2D eigenvalue weighted by Crippen LogP contribution is -2.38. The molecule has 2 aromatic rings. The van der Waals surface area contributed by atoms with Crippen molar-refractivity contribution >= 4 is 44.3 Å². The molecular formula is C22H24BrClF4N4O. The summed E-state index contributed by atoms with van der Waals surface area (Å²) >= 11 is 9.53. The van der Waals surface area contributed by atoms with E-state index in [0.29, 0.717) is 49.4 Å². The van der Waals surface area contributed by atoms with Crippen molar-refractivity contribution in [3.63, 3.8) is 0 Å². The van der Waals surface area contributed by atoms with Gasteiger partial charge in [-0.2, -0.15) is 0 Å². The molecule has 0 N–H and O–H groups in total. The molecule has 5 nitrogen and oxygen atoms in total. The monoisotopic (exact) mass is 550 g/mol. The summed E-state index contributed by atoms with van der Waals surface area (Å²) in [5.74, 6) is 0.363. The summed E-state index contributed by atoms with van der Waals surface area (Å²) in [4.78, 5) is 13.1. The Bertz CT molecular complexity index is 1080. The Labute approximate surface area is 202 Å². The van der Waals surface area contributed by atoms with Gasteiger partial charge in [-0.15, -0.1) is 0 Å². The molecule has 2 saturated heterocycles. The third kappa shape index (κ3) is 4.16. The molecule has 33 heavy (non-hydrogen) atoms. The van der Waals surface area contributed by atoms with Gasteiger partial charge in [-0.3, -0.25) is 4.90 Å². The van der Waals surface area contributed by atoms with Crippen molar-refractivity contribution in [1.29, 1.82) is 0 Å². The third-order valence-corrected chi connectivity index (χ3v) is 8.39. The van der Waals surface area contributed by atoms with Crippen molar-refractivity contribution in [3.8, 4) is 5.75 Å². The predicted octanol–water partition coefficient (Wildman–Crippen LogP) is 5.55. The van der Waals surface area contributed by atoms with Crippen LogP contribution in [0.15, 0.2) is 4.47 Å². The highest BCUT2D eigenvalue weighted by atomic mass is 79.9. The third-order valence-electron chi connectivity index (χ3n) is 7.06. The van der Waals surface area contributed by atoms with Crippen LogP contribution in [0.3, 0.4) is 0 Å². The van der Waals surface area contributed by atoms with E-state index in [9.17, 15) is 13.2 Å². The van der Waals surface area contributed by atoms with Crippen LogP contribution in [-0.2, 0) is 6.42 Å². The standard InChI is InChI=1S/C22H24BrClF4N4O/c23-16-17(24)20-15-19(18(16)28)29-14(2-5-22-4-1-6-32(22)11-12(25)10-22)30-21(15)31(8-9-33-20)7-3-13(26)27/h12-13H,1-11H2/t12-,22-/m1/s1. The van der Waals surface area contributed by atoms with E-state index in [1.807, 2.05) is 0 Å². The summed E-state index contributed by atoms with van der Waals surface area (Å²) in [6, 6.07) is 0. The predicted molar refractivity (Wildman–Crippen MR) is 122 cm³/mol. The molecule has 0 aliphatic carbocycles. The highest BCUT2D eigenvalue weighted by molar-refractivity contribution is 9.10. The summed E-state index contributed by atoms with van der Waals surface area (Å²) in [6.07, 6.45) is -0.132. The number of alkyl halides is 3. The fraction of sp³-hybridized carbons (Fsp3) is 0.636. The molecule has 4 heterocycles. The van der Waals surface area contributed by atoms with E-state index in [4.69, 9.17) is 21.3 Å². The fourth-order valence-corrected chi connectivity index (χ4v) is 6.14. The van der Waals surface area contributed by atoms with Crippen LogP contribution in [-0.4, -0.2) is 65.8 Å². The van der Waals surface area contributed by atoms with Crippen molar-refractivity contribution < 1.29 is 22.3 Å². The quantitative estimate of drug-likeness (QED) is 0.348. The molecule has 3 aliphatic heterocycles. The van der Waals surface area contributed by atoms with E-state index in [1.54, 1.807) is 4.90 Å². The Morgan fingerprint density at radius 3 is 2.88 bits per heavy atom. The zero-order valence-electron chi connectivity index (χ0n) is 17.9. The molecule has 11 heteroatoms. The van der Waals surface area contributed by atoms with Gasteiger partial charge in [-0.1, -0.05) is 11.6 Å². The number of fused-ring (bicyclic) bond motifs is 1. The summed E-state index contributed by atoms with van der Waals surface area (Å²) in [5.41, 5.74) is -0.171. The topological polar surface area (TPSA) is 41.5 Å². The number of halogens is 6. The second-order valence-electron chi connectivity index (χ2n) is 9.05. The highest BCUT2D eigenvalue weighted by Gasteiger charge is 2.48. The number of aromatic nitrogens is 2. The molecular weight excluding hydrogens is 528 g/mol. The smallest absolute Gasteiger partial charge is 0.240 e. The van der Waals surface area contributed by atoms with E-state index >= 15 is 4.39 Å². The number of hydrogen-bond donors (Lipinski definition) is 0. The van der Waals surface area contributed by atoms with Crippen LogP contribution in [0.25, 0.3) is 10.9 Å². The molecule has 3 aliphatic rings. The maximum atomic E-state index is 15.3. The normalized spacial score (nSPS) is 25.1. The van der Waals surface area contributed by atoms with Crippen molar-refractivity contribution in [1.82, 2.24) is 14.9 Å². The Morgan fingerprint density at radius 2 is 2.09 bits per heavy atom. The van der Waals surface area contributed by atoms with Crippen LogP contribution in [0.1, 0.15) is 37.9 Å². The Hall–Kier alpha value is -1.39. The van der Waals surface area contributed by atoms with Gasteiger partial charge in [-0.25, -0.2) is 27.5 Å². The van der Waals surface area contributed by atoms with Crippen LogP contribution < -0.4 is 9.64 Å². The molecule has 2 fully saturated rings. The molecule has 0 saturated carbocycles. The van der Waals surface area contributed by atoms with Crippen LogP contribution in [0.5, 0.6) is 5.75 Å². The molecule has 2 atom stereocenters. The molecule has 5 rings (SSSR count). The number of aryl methyl sites for hydroxylation is 1. The van der Waals surface area contributed by atoms with Crippen LogP contribution in [0.2, 0.25) is 5.02 Å². The maximum Gasteiger partial charge on any atom is 0.240 e. The SMILES string of the molecule is Fc1c(Br)c(Cl)c2c3c(nc(CC[C@@]45CCCN4C[C@H](F)C5)nc13)N(CCC(F)F)CCO2. The summed E-state index contributed by atoms with van der Waals surface area (Å²) in [5, 5.41) is 0.357. The number of rotatable bonds is 6. The average molecular weight is 552 g/mol. The molecule has 0 unspecified atom stereocenters. The molecule has 0 amide bonds. The number of benzene rings is 1. The summed E-state index contributed by atoms with van der Waals surface area (Å²) < 4.78 is 61.2. The second-order valence-corrected chi connectivity index (χ2v) is 10.2. The zero-order valence-corrected chi connectivity index (χ0v) is 20.2. The largest absolute Gasteiger partial charge is 0.489 e. The first-order chi connectivity index (χ1) is 15.8. The van der Waals surface area contributed by atoms with E-state index in [0.717, 1.165) is 19.4 Å². The minimum Gasteiger partial charge on any atom is -0.489 e. The molecule has 1 aromatic carbocycles. The van der Waals surface area contributed by atoms with Gasteiger partial charge in [0.05, 0.1) is 16.4 Å². The van der Waals surface area contributed by atoms with Crippen molar-refractivity contribution in [3.05, 3.63) is 21.1 Å². The maximum absolute atomic E-state index is 15.3. The molecule has 0 bridgehead atoms. The van der Waals surface area contributed by atoms with Crippen molar-refractivity contribution in [2.24, 2.45) is 0 Å². The van der Waals surface area contributed by atoms with Crippen molar-refractivity contribution in [2.45, 2.75) is 56.7 Å². The van der Waals surface area contributed by atoms with Gasteiger partial charge < -0.3 is 9.64 Å². The lowest BCUT2D eigenvalue weighted by molar-refractivity contribution is 0.139. The van der Waals surface area contributed by atoms with Gasteiger partial charge in [0, 0.05) is 31.5 Å². The van der Waals surface area contributed by atoms with Gasteiger partial charge in [0.25, 0.3) is 0 Å². The fourth-order valence-electron chi connectivity index (χ4n) is 5.54. The van der Waals surface area contributed by atoms with Gasteiger partial charge in [0.1, 0.15) is 35.0 Å². The molecule has 0 radical (unpaired) electrons. The van der Waals surface area contributed by atoms with E-state index < -0.39 is 18.4 Å². The number of hydrogen-bond acceptors (Lipinski definition) is 5. The lowest BCUT2D eigenvalue weighted by atomic mass is 9.88. The first kappa shape index (κ1) is 23.4. The molecule has 180 valence electrons. The Kier molecular flexibility index (Phi) is 6.37. The average Bonchev–Trinajstić information content (AvgIpc) is 3.23. The highest BCUT2D eigenvalue weighted by Crippen LogP contribution is 2.46. The molecule has 1 aromatic heterocycles. The van der Waals surface area contributed by atoms with Crippen LogP contribution in [0.4, 0.5) is 23.4 Å². The zero-order chi connectivity index (χ0) is 23.3.